The van der Waals surface area contributed by atoms with Gasteiger partial charge in [0.15, 0.2) is 5.79 Å². The normalized spacial score (nSPS) is 24.7. The number of ether oxygens (including phenoxy) is 2. The van der Waals surface area contributed by atoms with Crippen molar-refractivity contribution < 1.29 is 54.5 Å². The summed E-state index contributed by atoms with van der Waals surface area (Å²) in [6.45, 7) is 23.1. The molecule has 0 spiro atoms. The van der Waals surface area contributed by atoms with Crippen LogP contribution in [0.3, 0.4) is 0 Å². The highest BCUT2D eigenvalue weighted by molar-refractivity contribution is 7.86. The first-order valence-electron chi connectivity index (χ1n) is 22.6. The molecule has 4 aromatic rings. The van der Waals surface area contributed by atoms with Gasteiger partial charge in [-0.15, -0.1) is 0 Å². The van der Waals surface area contributed by atoms with Crippen molar-refractivity contribution in [3.05, 3.63) is 81.9 Å². The number of anilines is 2. The molecule has 0 radical (unpaired) electrons. The molecule has 380 valence electrons. The lowest BCUT2D eigenvalue weighted by Crippen LogP contribution is -2.36. The van der Waals surface area contributed by atoms with Crippen LogP contribution < -0.4 is 15.8 Å². The van der Waals surface area contributed by atoms with E-state index >= 15 is 0 Å². The Labute approximate surface area is 404 Å². The van der Waals surface area contributed by atoms with E-state index in [0.29, 0.717) is 34.7 Å². The van der Waals surface area contributed by atoms with E-state index in [2.05, 4.69) is 35.0 Å². The maximum absolute atomic E-state index is 13.7. The standard InChI is InChI=1S/C25H36N4O6S.C21H31N5O6S/c1-14-15(2)29(24(3,4)5)28-20(14)21(30)17-12-26-10-9-18(17)27-19-11-16(13-33-36(8,31)32)22-23(19)35-25(6,7)34-22;1-11-12(2)26(21(3,4)5)25-17(11)19(28)14-9-23-7-6-15(14)24-16-8-13(18(27)20(16)29)10-32-33(22,30)31/h9-10,12,16,19,22-23H,11,13H2,1-8H3,(H,26,27);6-7,9,13,16,18,20,27,29H,8,10H2,1-5H3,(H,23,24)(H2,22,30,31)/t16-,19-,22-,23+;13-,16-,18-,20+/m11/s1. The van der Waals surface area contributed by atoms with Gasteiger partial charge in [0.2, 0.25) is 11.6 Å². The zero-order valence-corrected chi connectivity index (χ0v) is 43.1. The van der Waals surface area contributed by atoms with Crippen molar-refractivity contribution in [2.45, 2.75) is 149 Å². The van der Waals surface area contributed by atoms with Crippen molar-refractivity contribution in [1.29, 1.82) is 0 Å². The van der Waals surface area contributed by atoms with Crippen molar-refractivity contribution in [3.63, 3.8) is 0 Å². The Morgan fingerprint density at radius 3 is 1.61 bits per heavy atom. The molecule has 4 aromatic heterocycles. The molecule has 3 fully saturated rings. The highest BCUT2D eigenvalue weighted by Gasteiger charge is 2.54. The zero-order chi connectivity index (χ0) is 51.3. The number of pyridine rings is 2. The molecule has 69 heavy (non-hydrogen) atoms. The molecule has 7 rings (SSSR count). The predicted octanol–water partition coefficient (Wildman–Crippen LogP) is 3.80. The number of hydrogen-bond donors (Lipinski definition) is 5. The van der Waals surface area contributed by atoms with Gasteiger partial charge in [-0.3, -0.25) is 37.3 Å². The summed E-state index contributed by atoms with van der Waals surface area (Å²) >= 11 is 0. The van der Waals surface area contributed by atoms with Crippen LogP contribution in [-0.2, 0) is 49.3 Å². The lowest BCUT2D eigenvalue weighted by Gasteiger charge is -2.25. The van der Waals surface area contributed by atoms with Crippen LogP contribution in [0, 0.1) is 39.5 Å². The van der Waals surface area contributed by atoms with Crippen LogP contribution in [0.2, 0.25) is 0 Å². The number of aromatic nitrogens is 6. The van der Waals surface area contributed by atoms with Gasteiger partial charge in [0.1, 0.15) is 23.6 Å². The molecule has 6 N–H and O–H groups in total. The second-order valence-electron chi connectivity index (χ2n) is 20.6. The molecule has 0 aromatic carbocycles. The first kappa shape index (κ1) is 53.6. The third-order valence-corrected chi connectivity index (χ3v) is 13.7. The van der Waals surface area contributed by atoms with Crippen LogP contribution in [0.25, 0.3) is 0 Å². The van der Waals surface area contributed by atoms with Gasteiger partial charge in [-0.1, -0.05) is 0 Å². The number of fused-ring (bicyclic) bond motifs is 1. The molecule has 8 atom stereocenters. The highest BCUT2D eigenvalue weighted by atomic mass is 32.2. The predicted molar refractivity (Wildman–Crippen MR) is 255 cm³/mol. The van der Waals surface area contributed by atoms with Crippen LogP contribution in [0.1, 0.15) is 123 Å². The summed E-state index contributed by atoms with van der Waals surface area (Å²) in [5, 5.41) is 41.4. The SMILES string of the molecule is Cc1c(C(=O)c2cnccc2N[C@@H]2C[C@H](COS(C)(=O)=O)[C@H]3OC(C)(C)O[C@H]32)nn(C(C)(C)C)c1C.Cc1c(C(=O)c2cnccc2N[C@@H]2C[C@H](COS(N)(=O)=O)[C@@H](O)[C@H]2O)nn(C(C)(C)C)c1C. The maximum atomic E-state index is 13.7. The number of aliphatic hydroxyl groups excluding tert-OH is 2. The first-order valence-corrected chi connectivity index (χ1v) is 25.9. The molecule has 3 aliphatic rings. The van der Waals surface area contributed by atoms with Crippen molar-refractivity contribution in [2.24, 2.45) is 17.0 Å². The second-order valence-corrected chi connectivity index (χ2v) is 23.5. The van der Waals surface area contributed by atoms with Gasteiger partial charge in [-0.05, 0) is 108 Å². The molecule has 23 heteroatoms. The molecule has 1 aliphatic heterocycles. The quantitative estimate of drug-likeness (QED) is 0.0887. The van der Waals surface area contributed by atoms with E-state index in [-0.39, 0.29) is 72.0 Å². The number of nitrogens with two attached hydrogens (primary N) is 1. The Bertz CT molecular complexity index is 2780. The van der Waals surface area contributed by atoms with Crippen molar-refractivity contribution >= 4 is 43.4 Å². The van der Waals surface area contributed by atoms with E-state index in [1.54, 1.807) is 24.5 Å². The summed E-state index contributed by atoms with van der Waals surface area (Å²) < 4.78 is 70.9. The lowest BCUT2D eigenvalue weighted by atomic mass is 10.0. The number of nitrogens with one attached hydrogen (secondary N) is 2. The molecule has 2 aliphatic carbocycles. The molecule has 5 heterocycles. The summed E-state index contributed by atoms with van der Waals surface area (Å²) in [4.78, 5) is 35.3. The van der Waals surface area contributed by atoms with Gasteiger partial charge in [0, 0.05) is 70.5 Å². The van der Waals surface area contributed by atoms with E-state index in [1.165, 1.54) is 12.4 Å². The second kappa shape index (κ2) is 19.8. The summed E-state index contributed by atoms with van der Waals surface area (Å²) in [6, 6.07) is 2.47. The molecule has 0 unspecified atom stereocenters. The largest absolute Gasteiger partial charge is 0.390 e. The molecule has 0 bridgehead atoms. The molecule has 0 amide bonds. The third-order valence-electron chi connectivity index (χ3n) is 12.7. The highest BCUT2D eigenvalue weighted by Crippen LogP contribution is 2.43. The van der Waals surface area contributed by atoms with Crippen molar-refractivity contribution in [2.75, 3.05) is 30.1 Å². The monoisotopic (exact) mass is 1000 g/mol. The Hall–Kier alpha value is -4.72. The lowest BCUT2D eigenvalue weighted by molar-refractivity contribution is -0.158. The fourth-order valence-electron chi connectivity index (χ4n) is 9.17. The summed E-state index contributed by atoms with van der Waals surface area (Å²) in [5.74, 6) is -2.22. The summed E-state index contributed by atoms with van der Waals surface area (Å²) in [6.07, 6.45) is 4.76. The number of carbonyl (C=O) groups excluding carboxylic acids is 2. The van der Waals surface area contributed by atoms with E-state index in [9.17, 15) is 36.6 Å². The smallest absolute Gasteiger partial charge is 0.333 e. The Morgan fingerprint density at radius 1 is 0.739 bits per heavy atom. The van der Waals surface area contributed by atoms with Crippen LogP contribution in [0.5, 0.6) is 0 Å². The molecule has 2 saturated carbocycles. The number of hydrogen-bond acceptors (Lipinski definition) is 18. The van der Waals surface area contributed by atoms with Gasteiger partial charge in [0.05, 0.1) is 66.0 Å². The third kappa shape index (κ3) is 12.2. The van der Waals surface area contributed by atoms with Crippen LogP contribution in [0.15, 0.2) is 36.9 Å². The van der Waals surface area contributed by atoms with E-state index in [0.717, 1.165) is 28.8 Å². The minimum Gasteiger partial charge on any atom is -0.390 e. The fraction of sp³-hybridized carbons (Fsp3) is 0.609. The average Bonchev–Trinajstić information content (AvgIpc) is 3.99. The summed E-state index contributed by atoms with van der Waals surface area (Å²) in [7, 11) is -7.76. The topological polar surface area (TPSA) is 291 Å². The Morgan fingerprint density at radius 2 is 1.17 bits per heavy atom. The van der Waals surface area contributed by atoms with Gasteiger partial charge < -0.3 is 30.3 Å². The maximum Gasteiger partial charge on any atom is 0.333 e. The number of nitrogens with zero attached hydrogens (tertiary/aromatic N) is 6. The van der Waals surface area contributed by atoms with Gasteiger partial charge in [-0.25, -0.2) is 5.14 Å². The van der Waals surface area contributed by atoms with Crippen molar-refractivity contribution in [3.8, 4) is 0 Å². The Balaban J connectivity index is 0.000000228. The molecule has 21 nitrogen and oxygen atoms in total. The van der Waals surface area contributed by atoms with Gasteiger partial charge >= 0.3 is 10.3 Å². The number of aliphatic hydroxyl groups is 2. The molecule has 1 saturated heterocycles. The van der Waals surface area contributed by atoms with E-state index < -0.39 is 50.4 Å². The molecular formula is C46H67N9O12S2. The van der Waals surface area contributed by atoms with Gasteiger partial charge in [0.25, 0.3) is 10.1 Å². The fourth-order valence-corrected chi connectivity index (χ4v) is 9.96. The summed E-state index contributed by atoms with van der Waals surface area (Å²) in [5.41, 5.74) is 5.26. The van der Waals surface area contributed by atoms with Crippen LogP contribution >= 0.6 is 0 Å². The van der Waals surface area contributed by atoms with E-state index in [1.807, 2.05) is 92.4 Å². The van der Waals surface area contributed by atoms with Crippen molar-refractivity contribution in [1.82, 2.24) is 29.5 Å². The number of carbonyl (C=O) groups is 2. The Kier molecular flexibility index (Phi) is 15.4. The van der Waals surface area contributed by atoms with E-state index in [4.69, 9.17) is 18.8 Å². The zero-order valence-electron chi connectivity index (χ0n) is 41.5. The minimum atomic E-state index is -4.17. The van der Waals surface area contributed by atoms with Gasteiger partial charge in [-0.2, -0.15) is 27.0 Å². The van der Waals surface area contributed by atoms with Crippen LogP contribution in [-0.4, -0.2) is 130 Å². The minimum absolute atomic E-state index is 0.00244. The first-order chi connectivity index (χ1) is 31.8. The molecular weight excluding hydrogens is 935 g/mol. The number of rotatable bonds is 14. The average molecular weight is 1000 g/mol. The van der Waals surface area contributed by atoms with Crippen LogP contribution in [0.4, 0.5) is 11.4 Å². The number of ketones is 2.